The predicted molar refractivity (Wildman–Crippen MR) is 70.8 cm³/mol. The number of hydrogen-bond donors (Lipinski definition) is 1. The van der Waals surface area contributed by atoms with E-state index in [1.165, 1.54) is 25.0 Å². The molecule has 19 heavy (non-hydrogen) atoms. The van der Waals surface area contributed by atoms with Gasteiger partial charge in [-0.25, -0.2) is 0 Å². The molecule has 6 nitrogen and oxygen atoms in total. The quantitative estimate of drug-likeness (QED) is 0.671. The summed E-state index contributed by atoms with van der Waals surface area (Å²) in [7, 11) is 0. The molecule has 1 aliphatic carbocycles. The van der Waals surface area contributed by atoms with Crippen LogP contribution in [0.4, 0.5) is 11.5 Å². The molecule has 1 aliphatic rings. The number of aromatic nitrogens is 2. The predicted octanol–water partition coefficient (Wildman–Crippen LogP) is 2.63. The van der Waals surface area contributed by atoms with Crippen LogP contribution < -0.4 is 5.32 Å². The van der Waals surface area contributed by atoms with Gasteiger partial charge in [-0.3, -0.25) is 10.1 Å². The van der Waals surface area contributed by atoms with Crippen LogP contribution in [0.2, 0.25) is 0 Å². The molecule has 0 bridgehead atoms. The van der Waals surface area contributed by atoms with Crippen molar-refractivity contribution in [2.75, 3.05) is 5.32 Å². The Morgan fingerprint density at radius 1 is 1.21 bits per heavy atom. The summed E-state index contributed by atoms with van der Waals surface area (Å²) in [5.74, 6) is 0.747. The van der Waals surface area contributed by atoms with Crippen LogP contribution in [0.15, 0.2) is 36.4 Å². The smallest absolute Gasteiger partial charge is 0.270 e. The third kappa shape index (κ3) is 2.67. The number of rotatable bonds is 4. The lowest BCUT2D eigenvalue weighted by molar-refractivity contribution is -0.384. The molecule has 0 radical (unpaired) electrons. The maximum absolute atomic E-state index is 10.7. The van der Waals surface area contributed by atoms with Crippen molar-refractivity contribution in [2.45, 2.75) is 18.9 Å². The highest BCUT2D eigenvalue weighted by atomic mass is 16.6. The fraction of sp³-hybridized carbons (Fsp3) is 0.231. The molecule has 6 heteroatoms. The zero-order chi connectivity index (χ0) is 13.2. The van der Waals surface area contributed by atoms with Gasteiger partial charge in [0.1, 0.15) is 5.82 Å². The highest BCUT2D eigenvalue weighted by molar-refractivity contribution is 5.62. The number of hydrogen-bond acceptors (Lipinski definition) is 5. The Bertz CT molecular complexity index is 608. The summed E-state index contributed by atoms with van der Waals surface area (Å²) in [5, 5.41) is 22.1. The number of nitro benzene ring substituents is 1. The largest absolute Gasteiger partial charge is 0.366 e. The Balaban J connectivity index is 1.84. The van der Waals surface area contributed by atoms with Gasteiger partial charge in [0.05, 0.1) is 10.6 Å². The monoisotopic (exact) mass is 256 g/mol. The number of benzene rings is 1. The van der Waals surface area contributed by atoms with Crippen molar-refractivity contribution in [1.29, 1.82) is 0 Å². The van der Waals surface area contributed by atoms with Crippen molar-refractivity contribution < 1.29 is 4.92 Å². The van der Waals surface area contributed by atoms with Gasteiger partial charge in [-0.1, -0.05) is 12.1 Å². The molecular weight excluding hydrogens is 244 g/mol. The van der Waals surface area contributed by atoms with Crippen LogP contribution in [-0.2, 0) is 0 Å². The highest BCUT2D eigenvalue weighted by Gasteiger charge is 2.21. The molecule has 0 spiro atoms. The molecule has 0 saturated heterocycles. The molecule has 1 fully saturated rings. The third-order valence-electron chi connectivity index (χ3n) is 2.95. The Labute approximate surface area is 109 Å². The lowest BCUT2D eigenvalue weighted by atomic mass is 10.1. The van der Waals surface area contributed by atoms with Crippen molar-refractivity contribution in [3.05, 3.63) is 46.5 Å². The molecule has 1 heterocycles. The van der Waals surface area contributed by atoms with E-state index in [0.29, 0.717) is 17.3 Å². The summed E-state index contributed by atoms with van der Waals surface area (Å²) in [6.07, 6.45) is 2.35. The van der Waals surface area contributed by atoms with Crippen molar-refractivity contribution in [1.82, 2.24) is 10.2 Å². The maximum Gasteiger partial charge on any atom is 0.270 e. The topological polar surface area (TPSA) is 81.0 Å². The van der Waals surface area contributed by atoms with Gasteiger partial charge in [0.25, 0.3) is 5.69 Å². The molecular formula is C13H12N4O2. The zero-order valence-electron chi connectivity index (χ0n) is 10.1. The summed E-state index contributed by atoms with van der Waals surface area (Å²) in [6, 6.07) is 10.6. The minimum absolute atomic E-state index is 0.0551. The third-order valence-corrected chi connectivity index (χ3v) is 2.95. The van der Waals surface area contributed by atoms with E-state index in [9.17, 15) is 10.1 Å². The fourth-order valence-corrected chi connectivity index (χ4v) is 1.78. The van der Waals surface area contributed by atoms with Gasteiger partial charge in [0, 0.05) is 23.7 Å². The van der Waals surface area contributed by atoms with E-state index >= 15 is 0 Å². The second kappa shape index (κ2) is 4.64. The molecule has 0 unspecified atom stereocenters. The molecule has 1 aromatic carbocycles. The van der Waals surface area contributed by atoms with E-state index in [2.05, 4.69) is 15.5 Å². The van der Waals surface area contributed by atoms with Gasteiger partial charge in [-0.05, 0) is 25.0 Å². The normalized spacial score (nSPS) is 14.1. The molecule has 1 saturated carbocycles. The van der Waals surface area contributed by atoms with Crippen molar-refractivity contribution >= 4 is 11.5 Å². The average molecular weight is 256 g/mol. The molecule has 0 aliphatic heterocycles. The SMILES string of the molecule is O=[N+]([O-])c1cccc(-c2ccc(NC3CC3)nn2)c1. The van der Waals surface area contributed by atoms with Gasteiger partial charge in [0.2, 0.25) is 0 Å². The van der Waals surface area contributed by atoms with Crippen LogP contribution >= 0.6 is 0 Å². The first-order valence-corrected chi connectivity index (χ1v) is 6.07. The maximum atomic E-state index is 10.7. The lowest BCUT2D eigenvalue weighted by Gasteiger charge is -2.04. The van der Waals surface area contributed by atoms with Crippen molar-refractivity contribution in [2.24, 2.45) is 0 Å². The van der Waals surface area contributed by atoms with E-state index in [-0.39, 0.29) is 5.69 Å². The van der Waals surface area contributed by atoms with Gasteiger partial charge < -0.3 is 5.32 Å². The first kappa shape index (κ1) is 11.6. The Morgan fingerprint density at radius 3 is 2.68 bits per heavy atom. The number of nitro groups is 1. The fourth-order valence-electron chi connectivity index (χ4n) is 1.78. The number of non-ortho nitro benzene ring substituents is 1. The summed E-state index contributed by atoms with van der Waals surface area (Å²) in [6.45, 7) is 0. The van der Waals surface area contributed by atoms with Crippen molar-refractivity contribution in [3.63, 3.8) is 0 Å². The van der Waals surface area contributed by atoms with E-state index < -0.39 is 4.92 Å². The van der Waals surface area contributed by atoms with Gasteiger partial charge in [-0.2, -0.15) is 0 Å². The number of nitrogens with zero attached hydrogens (tertiary/aromatic N) is 3. The van der Waals surface area contributed by atoms with Crippen LogP contribution in [0.25, 0.3) is 11.3 Å². The minimum Gasteiger partial charge on any atom is -0.366 e. The molecule has 1 aromatic heterocycles. The number of anilines is 1. The molecule has 2 aromatic rings. The Morgan fingerprint density at radius 2 is 2.05 bits per heavy atom. The van der Waals surface area contributed by atoms with Crippen LogP contribution in [0, 0.1) is 10.1 Å². The Hall–Kier alpha value is -2.50. The van der Waals surface area contributed by atoms with E-state index in [1.807, 2.05) is 12.1 Å². The Kier molecular flexibility index (Phi) is 2.83. The van der Waals surface area contributed by atoms with Crippen LogP contribution in [-0.4, -0.2) is 21.2 Å². The van der Waals surface area contributed by atoms with Gasteiger partial charge in [-0.15, -0.1) is 10.2 Å². The van der Waals surface area contributed by atoms with Crippen LogP contribution in [0.3, 0.4) is 0 Å². The zero-order valence-corrected chi connectivity index (χ0v) is 10.1. The number of nitrogens with one attached hydrogen (secondary N) is 1. The molecule has 1 N–H and O–H groups in total. The van der Waals surface area contributed by atoms with Gasteiger partial charge in [0.15, 0.2) is 0 Å². The van der Waals surface area contributed by atoms with Crippen LogP contribution in [0.1, 0.15) is 12.8 Å². The summed E-state index contributed by atoms with van der Waals surface area (Å²) < 4.78 is 0. The highest BCUT2D eigenvalue weighted by Crippen LogP contribution is 2.25. The molecule has 96 valence electrons. The van der Waals surface area contributed by atoms with Gasteiger partial charge >= 0.3 is 0 Å². The lowest BCUT2D eigenvalue weighted by Crippen LogP contribution is -2.03. The first-order chi connectivity index (χ1) is 9.22. The average Bonchev–Trinajstić information content (AvgIpc) is 3.24. The summed E-state index contributed by atoms with van der Waals surface area (Å²) >= 11 is 0. The second-order valence-electron chi connectivity index (χ2n) is 4.53. The summed E-state index contributed by atoms with van der Waals surface area (Å²) in [5.41, 5.74) is 1.38. The minimum atomic E-state index is -0.417. The molecule has 0 atom stereocenters. The molecule has 3 rings (SSSR count). The van der Waals surface area contributed by atoms with E-state index in [4.69, 9.17) is 0 Å². The van der Waals surface area contributed by atoms with E-state index in [1.54, 1.807) is 12.1 Å². The van der Waals surface area contributed by atoms with Crippen LogP contribution in [0.5, 0.6) is 0 Å². The molecule has 0 amide bonds. The first-order valence-electron chi connectivity index (χ1n) is 6.07. The second-order valence-corrected chi connectivity index (χ2v) is 4.53. The summed E-state index contributed by atoms with van der Waals surface area (Å²) in [4.78, 5) is 10.3. The standard InChI is InChI=1S/C13H12N4O2/c18-17(19)11-3-1-2-9(8-11)12-6-7-13(16-15-12)14-10-4-5-10/h1-3,6-8,10H,4-5H2,(H,14,16). The van der Waals surface area contributed by atoms with E-state index in [0.717, 1.165) is 5.82 Å². The van der Waals surface area contributed by atoms with Crippen molar-refractivity contribution in [3.8, 4) is 11.3 Å².